The molecule has 1 saturated carbocycles. The van der Waals surface area contributed by atoms with Crippen molar-refractivity contribution in [3.8, 4) is 0 Å². The molecule has 0 aromatic rings. The molecular formula is C16H27NO3. The van der Waals surface area contributed by atoms with Crippen LogP contribution in [0.3, 0.4) is 0 Å². The molecule has 1 heterocycles. The second-order valence-electron chi connectivity index (χ2n) is 8.19. The summed E-state index contributed by atoms with van der Waals surface area (Å²) in [4.78, 5) is 25.3. The van der Waals surface area contributed by atoms with Crippen LogP contribution in [0.15, 0.2) is 0 Å². The number of rotatable bonds is 2. The van der Waals surface area contributed by atoms with Gasteiger partial charge in [-0.05, 0) is 36.5 Å². The lowest BCUT2D eigenvalue weighted by atomic mass is 9.63. The van der Waals surface area contributed by atoms with Crippen LogP contribution < -0.4 is 0 Å². The van der Waals surface area contributed by atoms with Gasteiger partial charge in [0.25, 0.3) is 0 Å². The number of likely N-dealkylation sites (tertiary alicyclic amines) is 1. The molecule has 0 aromatic carbocycles. The Balaban J connectivity index is 2.16. The Labute approximate surface area is 121 Å². The average Bonchev–Trinajstić information content (AvgIpc) is 2.24. The van der Waals surface area contributed by atoms with E-state index in [1.54, 1.807) is 0 Å². The van der Waals surface area contributed by atoms with E-state index in [2.05, 4.69) is 27.7 Å². The number of aliphatic carboxylic acids is 1. The third-order valence-electron chi connectivity index (χ3n) is 4.77. The quantitative estimate of drug-likeness (QED) is 0.846. The Morgan fingerprint density at radius 1 is 1.20 bits per heavy atom. The van der Waals surface area contributed by atoms with Crippen LogP contribution in [-0.2, 0) is 9.59 Å². The number of piperidine rings is 1. The second kappa shape index (κ2) is 5.05. The van der Waals surface area contributed by atoms with E-state index in [0.29, 0.717) is 19.4 Å². The molecule has 0 bridgehead atoms. The zero-order chi connectivity index (χ0) is 15.1. The lowest BCUT2D eigenvalue weighted by molar-refractivity contribution is -0.150. The normalized spacial score (nSPS) is 30.3. The standard InChI is InChI=1S/C16H27NO3/c1-15(2)7-12(8-16(3,4)10-15)17-9-11(14(19)20)5-6-13(17)18/h11-12H,5-10H2,1-4H3,(H,19,20). The van der Waals surface area contributed by atoms with Crippen molar-refractivity contribution in [2.45, 2.75) is 65.8 Å². The first-order chi connectivity index (χ1) is 9.10. The first-order valence-corrected chi connectivity index (χ1v) is 7.62. The summed E-state index contributed by atoms with van der Waals surface area (Å²) in [6, 6.07) is 0.198. The van der Waals surface area contributed by atoms with Gasteiger partial charge in [0.05, 0.1) is 5.92 Å². The number of carboxylic acid groups (broad SMARTS) is 1. The van der Waals surface area contributed by atoms with Crippen molar-refractivity contribution < 1.29 is 14.7 Å². The minimum absolute atomic E-state index is 0.140. The fourth-order valence-corrected chi connectivity index (χ4v) is 4.43. The molecule has 0 spiro atoms. The Kier molecular flexibility index (Phi) is 3.87. The lowest BCUT2D eigenvalue weighted by Gasteiger charge is -2.49. The zero-order valence-corrected chi connectivity index (χ0v) is 13.1. The first kappa shape index (κ1) is 15.3. The van der Waals surface area contributed by atoms with Crippen molar-refractivity contribution in [1.29, 1.82) is 0 Å². The van der Waals surface area contributed by atoms with Crippen LogP contribution in [0.25, 0.3) is 0 Å². The zero-order valence-electron chi connectivity index (χ0n) is 13.1. The Morgan fingerprint density at radius 3 is 2.25 bits per heavy atom. The summed E-state index contributed by atoms with van der Waals surface area (Å²) in [6.07, 6.45) is 3.99. The van der Waals surface area contributed by atoms with Crippen molar-refractivity contribution in [2.24, 2.45) is 16.7 Å². The van der Waals surface area contributed by atoms with Crippen molar-refractivity contribution in [3.05, 3.63) is 0 Å². The molecule has 1 N–H and O–H groups in total. The molecule has 20 heavy (non-hydrogen) atoms. The van der Waals surface area contributed by atoms with Crippen LogP contribution in [0.5, 0.6) is 0 Å². The molecule has 1 atom stereocenters. The minimum atomic E-state index is -0.767. The summed E-state index contributed by atoms with van der Waals surface area (Å²) in [5, 5.41) is 9.21. The molecule has 0 radical (unpaired) electrons. The van der Waals surface area contributed by atoms with Gasteiger partial charge in [0, 0.05) is 19.0 Å². The summed E-state index contributed by atoms with van der Waals surface area (Å²) in [6.45, 7) is 9.41. The van der Waals surface area contributed by atoms with Crippen molar-refractivity contribution in [2.75, 3.05) is 6.54 Å². The number of amides is 1. The van der Waals surface area contributed by atoms with E-state index in [0.717, 1.165) is 19.3 Å². The minimum Gasteiger partial charge on any atom is -0.481 e. The SMILES string of the molecule is CC1(C)CC(N2CC(C(=O)O)CCC2=O)CC(C)(C)C1. The molecule has 0 aromatic heterocycles. The van der Waals surface area contributed by atoms with Gasteiger partial charge in [-0.1, -0.05) is 27.7 Å². The number of carboxylic acids is 1. The fraction of sp³-hybridized carbons (Fsp3) is 0.875. The Morgan fingerprint density at radius 2 is 1.75 bits per heavy atom. The maximum absolute atomic E-state index is 12.2. The van der Waals surface area contributed by atoms with Gasteiger partial charge in [-0.2, -0.15) is 0 Å². The van der Waals surface area contributed by atoms with Gasteiger partial charge < -0.3 is 10.0 Å². The van der Waals surface area contributed by atoms with E-state index in [1.807, 2.05) is 4.90 Å². The topological polar surface area (TPSA) is 57.6 Å². The Hall–Kier alpha value is -1.06. The average molecular weight is 281 g/mol. The van der Waals surface area contributed by atoms with E-state index in [1.165, 1.54) is 0 Å². The lowest BCUT2D eigenvalue weighted by Crippen LogP contribution is -2.53. The van der Waals surface area contributed by atoms with Crippen LogP contribution >= 0.6 is 0 Å². The monoisotopic (exact) mass is 281 g/mol. The van der Waals surface area contributed by atoms with E-state index >= 15 is 0 Å². The second-order valence-corrected chi connectivity index (χ2v) is 8.19. The van der Waals surface area contributed by atoms with Crippen molar-refractivity contribution >= 4 is 11.9 Å². The molecular weight excluding hydrogens is 254 g/mol. The molecule has 114 valence electrons. The van der Waals surface area contributed by atoms with E-state index in [9.17, 15) is 14.7 Å². The highest BCUT2D eigenvalue weighted by Crippen LogP contribution is 2.47. The molecule has 4 nitrogen and oxygen atoms in total. The van der Waals surface area contributed by atoms with Gasteiger partial charge in [-0.25, -0.2) is 0 Å². The van der Waals surface area contributed by atoms with Crippen LogP contribution in [-0.4, -0.2) is 34.5 Å². The molecule has 1 amide bonds. The molecule has 2 fully saturated rings. The van der Waals surface area contributed by atoms with Gasteiger partial charge in [0.15, 0.2) is 0 Å². The summed E-state index contributed by atoms with van der Waals surface area (Å²) >= 11 is 0. The van der Waals surface area contributed by atoms with Crippen molar-refractivity contribution in [3.63, 3.8) is 0 Å². The highest BCUT2D eigenvalue weighted by molar-refractivity contribution is 5.80. The van der Waals surface area contributed by atoms with Crippen molar-refractivity contribution in [1.82, 2.24) is 4.90 Å². The maximum Gasteiger partial charge on any atom is 0.308 e. The van der Waals surface area contributed by atoms with E-state index < -0.39 is 5.97 Å². The van der Waals surface area contributed by atoms with E-state index in [4.69, 9.17) is 0 Å². The number of carbonyl (C=O) groups is 2. The molecule has 2 rings (SSSR count). The van der Waals surface area contributed by atoms with Crippen LogP contribution in [0, 0.1) is 16.7 Å². The molecule has 1 unspecified atom stereocenters. The number of hydrogen-bond acceptors (Lipinski definition) is 2. The van der Waals surface area contributed by atoms with E-state index in [-0.39, 0.29) is 28.7 Å². The molecule has 1 saturated heterocycles. The van der Waals surface area contributed by atoms with Gasteiger partial charge in [-0.3, -0.25) is 9.59 Å². The highest BCUT2D eigenvalue weighted by atomic mass is 16.4. The molecule has 1 aliphatic carbocycles. The third-order valence-corrected chi connectivity index (χ3v) is 4.77. The summed E-state index contributed by atoms with van der Waals surface area (Å²) in [5.41, 5.74) is 0.422. The van der Waals surface area contributed by atoms with Gasteiger partial charge in [0.2, 0.25) is 5.91 Å². The third kappa shape index (κ3) is 3.33. The highest BCUT2D eigenvalue weighted by Gasteiger charge is 2.43. The number of hydrogen-bond donors (Lipinski definition) is 1. The predicted molar refractivity (Wildman–Crippen MR) is 77.3 cm³/mol. The predicted octanol–water partition coefficient (Wildman–Crippen LogP) is 2.91. The summed E-state index contributed by atoms with van der Waals surface area (Å²) in [7, 11) is 0. The largest absolute Gasteiger partial charge is 0.481 e. The smallest absolute Gasteiger partial charge is 0.308 e. The maximum atomic E-state index is 12.2. The first-order valence-electron chi connectivity index (χ1n) is 7.62. The summed E-state index contributed by atoms with van der Waals surface area (Å²) < 4.78 is 0. The summed E-state index contributed by atoms with van der Waals surface area (Å²) in [5.74, 6) is -1.02. The van der Waals surface area contributed by atoms with Gasteiger partial charge >= 0.3 is 5.97 Å². The number of nitrogens with zero attached hydrogens (tertiary/aromatic N) is 1. The number of carbonyl (C=O) groups excluding carboxylic acids is 1. The van der Waals surface area contributed by atoms with Crippen LogP contribution in [0.4, 0.5) is 0 Å². The fourth-order valence-electron chi connectivity index (χ4n) is 4.43. The Bertz CT molecular complexity index is 398. The van der Waals surface area contributed by atoms with Crippen LogP contribution in [0.1, 0.15) is 59.8 Å². The van der Waals surface area contributed by atoms with Gasteiger partial charge in [-0.15, -0.1) is 0 Å². The van der Waals surface area contributed by atoms with Gasteiger partial charge in [0.1, 0.15) is 0 Å². The molecule has 1 aliphatic heterocycles. The molecule has 4 heteroatoms. The van der Waals surface area contributed by atoms with Crippen LogP contribution in [0.2, 0.25) is 0 Å². The molecule has 2 aliphatic rings.